The Morgan fingerprint density at radius 3 is 2.81 bits per heavy atom. The quantitative estimate of drug-likeness (QED) is 0.560. The number of nitrogens with zero attached hydrogens (tertiary/aromatic N) is 3. The highest BCUT2D eigenvalue weighted by Gasteiger charge is 2.13. The van der Waals surface area contributed by atoms with Crippen LogP contribution in [0.3, 0.4) is 0 Å². The summed E-state index contributed by atoms with van der Waals surface area (Å²) in [5, 5.41) is 7.46. The van der Waals surface area contributed by atoms with E-state index in [1.807, 2.05) is 0 Å². The van der Waals surface area contributed by atoms with E-state index in [1.54, 1.807) is 0 Å². The van der Waals surface area contributed by atoms with Gasteiger partial charge in [-0.05, 0) is 18.4 Å². The van der Waals surface area contributed by atoms with Crippen LogP contribution < -0.4 is 16.2 Å². The van der Waals surface area contributed by atoms with E-state index < -0.39 is 0 Å². The lowest BCUT2D eigenvalue weighted by Crippen LogP contribution is -2.23. The molecule has 108 valence electrons. The summed E-state index contributed by atoms with van der Waals surface area (Å²) in [6.45, 7) is 3.70. The fraction of sp³-hybridized carbons (Fsp3) is 0.200. The third-order valence-corrected chi connectivity index (χ3v) is 4.22. The maximum atomic E-state index is 5.50. The molecule has 0 aliphatic heterocycles. The van der Waals surface area contributed by atoms with Crippen LogP contribution in [0.4, 0.5) is 10.7 Å². The first-order valence-electron chi connectivity index (χ1n) is 6.84. The number of fused-ring (bicyclic) bond motifs is 1. The van der Waals surface area contributed by atoms with Crippen LogP contribution in [0.2, 0.25) is 0 Å². The van der Waals surface area contributed by atoms with Gasteiger partial charge in [-0.1, -0.05) is 40.9 Å². The molecular weight excluding hydrogens is 282 g/mol. The Balaban J connectivity index is 1.99. The number of hydrogen-bond acceptors (Lipinski definition) is 6. The first kappa shape index (κ1) is 13.8. The molecule has 3 rings (SSSR count). The summed E-state index contributed by atoms with van der Waals surface area (Å²) in [7, 11) is 0. The van der Waals surface area contributed by atoms with Gasteiger partial charge in [-0.25, -0.2) is 5.84 Å². The highest BCUT2D eigenvalue weighted by Crippen LogP contribution is 2.29. The van der Waals surface area contributed by atoms with Gasteiger partial charge in [0.25, 0.3) is 0 Å². The van der Waals surface area contributed by atoms with Gasteiger partial charge in [-0.15, -0.1) is 5.10 Å². The molecule has 1 aromatic heterocycles. The fourth-order valence-corrected chi connectivity index (χ4v) is 2.94. The molecule has 6 heteroatoms. The summed E-state index contributed by atoms with van der Waals surface area (Å²) in [4.78, 5) is 2.28. The number of rotatable bonds is 5. The van der Waals surface area contributed by atoms with Gasteiger partial charge in [0.1, 0.15) is 10.7 Å². The minimum absolute atomic E-state index is 0.681. The summed E-state index contributed by atoms with van der Waals surface area (Å²) in [5.74, 6) is 5.50. The maximum Gasteiger partial charge on any atom is 0.149 e. The monoisotopic (exact) mass is 299 g/mol. The van der Waals surface area contributed by atoms with E-state index in [4.69, 9.17) is 5.84 Å². The zero-order chi connectivity index (χ0) is 14.7. The van der Waals surface area contributed by atoms with E-state index in [9.17, 15) is 0 Å². The molecule has 3 N–H and O–H groups in total. The zero-order valence-corrected chi connectivity index (χ0v) is 12.6. The van der Waals surface area contributed by atoms with E-state index in [0.29, 0.717) is 6.54 Å². The van der Waals surface area contributed by atoms with Crippen LogP contribution in [-0.4, -0.2) is 16.1 Å². The zero-order valence-electron chi connectivity index (χ0n) is 11.8. The molecule has 0 saturated heterocycles. The summed E-state index contributed by atoms with van der Waals surface area (Å²) >= 11 is 1.28. The standard InChI is InChI=1S/C15H17N5S/c1-2-20(10-13-15(17-16)21-19-18-13)14-9-5-7-11-6-3-4-8-12(11)14/h3-9,17H,2,10,16H2,1H3. The number of nitrogen functional groups attached to an aromatic ring is 1. The molecule has 0 radical (unpaired) electrons. The van der Waals surface area contributed by atoms with Crippen molar-refractivity contribution in [1.82, 2.24) is 9.59 Å². The number of benzene rings is 2. The van der Waals surface area contributed by atoms with Crippen LogP contribution in [0.15, 0.2) is 42.5 Å². The molecule has 3 aromatic rings. The molecule has 0 aliphatic rings. The summed E-state index contributed by atoms with van der Waals surface area (Å²) in [6, 6.07) is 14.8. The Morgan fingerprint density at radius 2 is 2.00 bits per heavy atom. The van der Waals surface area contributed by atoms with E-state index >= 15 is 0 Å². The van der Waals surface area contributed by atoms with Crippen molar-refractivity contribution < 1.29 is 0 Å². The van der Waals surface area contributed by atoms with Gasteiger partial charge in [-0.3, -0.25) is 0 Å². The van der Waals surface area contributed by atoms with Crippen molar-refractivity contribution in [3.05, 3.63) is 48.2 Å². The van der Waals surface area contributed by atoms with Gasteiger partial charge in [0, 0.05) is 29.2 Å². The molecule has 0 bridgehead atoms. The molecule has 0 amide bonds. The van der Waals surface area contributed by atoms with Crippen molar-refractivity contribution >= 4 is 33.0 Å². The van der Waals surface area contributed by atoms with Crippen molar-refractivity contribution in [1.29, 1.82) is 0 Å². The lowest BCUT2D eigenvalue weighted by molar-refractivity contribution is 0.807. The second-order valence-electron chi connectivity index (χ2n) is 4.71. The topological polar surface area (TPSA) is 67.1 Å². The predicted octanol–water partition coefficient (Wildman–Crippen LogP) is 3.00. The van der Waals surface area contributed by atoms with Crippen LogP contribution in [0.1, 0.15) is 12.6 Å². The number of nitrogens with two attached hydrogens (primary N) is 1. The van der Waals surface area contributed by atoms with Gasteiger partial charge in [0.15, 0.2) is 0 Å². The van der Waals surface area contributed by atoms with Crippen LogP contribution in [0.5, 0.6) is 0 Å². The molecule has 21 heavy (non-hydrogen) atoms. The van der Waals surface area contributed by atoms with E-state index in [1.165, 1.54) is 28.0 Å². The fourth-order valence-electron chi connectivity index (χ4n) is 2.45. The largest absolute Gasteiger partial charge is 0.365 e. The maximum absolute atomic E-state index is 5.50. The highest BCUT2D eigenvalue weighted by atomic mass is 32.1. The van der Waals surface area contributed by atoms with Gasteiger partial charge in [0.05, 0.1) is 6.54 Å². The van der Waals surface area contributed by atoms with Gasteiger partial charge >= 0.3 is 0 Å². The van der Waals surface area contributed by atoms with E-state index in [2.05, 4.69) is 69.3 Å². The first-order valence-corrected chi connectivity index (χ1v) is 7.61. The third kappa shape index (κ3) is 2.68. The van der Waals surface area contributed by atoms with Gasteiger partial charge in [-0.2, -0.15) is 0 Å². The van der Waals surface area contributed by atoms with E-state index in [0.717, 1.165) is 17.2 Å². The predicted molar refractivity (Wildman–Crippen MR) is 88.4 cm³/mol. The Kier molecular flexibility index (Phi) is 3.98. The minimum atomic E-state index is 0.681. The number of hydrogen-bond donors (Lipinski definition) is 2. The third-order valence-electron chi connectivity index (χ3n) is 3.52. The van der Waals surface area contributed by atoms with Crippen LogP contribution in [-0.2, 0) is 6.54 Å². The Bertz CT molecular complexity index is 734. The van der Waals surface area contributed by atoms with Crippen molar-refractivity contribution in [3.8, 4) is 0 Å². The number of hydrazine groups is 1. The summed E-state index contributed by atoms with van der Waals surface area (Å²) < 4.78 is 3.96. The number of anilines is 2. The normalized spacial score (nSPS) is 10.8. The Morgan fingerprint density at radius 1 is 1.19 bits per heavy atom. The average Bonchev–Trinajstić information content (AvgIpc) is 2.99. The number of nitrogens with one attached hydrogen (secondary N) is 1. The average molecular weight is 299 g/mol. The molecule has 0 spiro atoms. The Labute approximate surface area is 127 Å². The molecule has 0 saturated carbocycles. The first-order chi connectivity index (χ1) is 10.3. The molecule has 0 fully saturated rings. The van der Waals surface area contributed by atoms with Crippen molar-refractivity contribution in [3.63, 3.8) is 0 Å². The molecule has 0 aliphatic carbocycles. The highest BCUT2D eigenvalue weighted by molar-refractivity contribution is 7.10. The van der Waals surface area contributed by atoms with Crippen molar-refractivity contribution in [2.24, 2.45) is 5.84 Å². The molecule has 0 atom stereocenters. The van der Waals surface area contributed by atoms with Gasteiger partial charge < -0.3 is 10.3 Å². The van der Waals surface area contributed by atoms with Crippen molar-refractivity contribution in [2.45, 2.75) is 13.5 Å². The molecular formula is C15H17N5S. The molecule has 2 aromatic carbocycles. The molecule has 1 heterocycles. The number of aromatic nitrogens is 2. The van der Waals surface area contributed by atoms with E-state index in [-0.39, 0.29) is 0 Å². The SMILES string of the molecule is CCN(Cc1nnsc1NN)c1cccc2ccccc12. The second-order valence-corrected chi connectivity index (χ2v) is 5.46. The minimum Gasteiger partial charge on any atom is -0.365 e. The van der Waals surface area contributed by atoms with Crippen LogP contribution >= 0.6 is 11.5 Å². The lowest BCUT2D eigenvalue weighted by atomic mass is 10.1. The molecule has 0 unspecified atom stereocenters. The molecule has 5 nitrogen and oxygen atoms in total. The second kappa shape index (κ2) is 6.07. The smallest absolute Gasteiger partial charge is 0.149 e. The lowest BCUT2D eigenvalue weighted by Gasteiger charge is -2.24. The van der Waals surface area contributed by atoms with Gasteiger partial charge in [0.2, 0.25) is 0 Å². The Hall–Kier alpha value is -2.18. The van der Waals surface area contributed by atoms with Crippen LogP contribution in [0, 0.1) is 0 Å². The summed E-state index contributed by atoms with van der Waals surface area (Å²) in [5.41, 5.74) is 4.73. The van der Waals surface area contributed by atoms with Crippen LogP contribution in [0.25, 0.3) is 10.8 Å². The summed E-state index contributed by atoms with van der Waals surface area (Å²) in [6.07, 6.45) is 0. The van der Waals surface area contributed by atoms with Crippen molar-refractivity contribution in [2.75, 3.05) is 16.9 Å².